The van der Waals surface area contributed by atoms with E-state index in [1.165, 1.54) is 0 Å². The summed E-state index contributed by atoms with van der Waals surface area (Å²) in [6.07, 6.45) is 2.06. The highest BCUT2D eigenvalue weighted by Gasteiger charge is 2.15. The minimum absolute atomic E-state index is 0.372. The Morgan fingerprint density at radius 3 is 2.41 bits per heavy atom. The van der Waals surface area contributed by atoms with E-state index in [1.807, 2.05) is 24.3 Å². The maximum Gasteiger partial charge on any atom is 0.230 e. The van der Waals surface area contributed by atoms with Crippen LogP contribution in [0.4, 0.5) is 0 Å². The second kappa shape index (κ2) is 5.42. The molecular formula is C13H17N2OP. The molecule has 0 bridgehead atoms. The molecule has 0 aliphatic rings. The quantitative estimate of drug-likeness (QED) is 0.780. The molecule has 1 unspecified atom stereocenters. The van der Waals surface area contributed by atoms with Gasteiger partial charge in [-0.1, -0.05) is 43.3 Å². The van der Waals surface area contributed by atoms with E-state index in [4.69, 9.17) is 4.52 Å². The second-order valence-electron chi connectivity index (χ2n) is 4.09. The maximum absolute atomic E-state index is 5.33. The van der Waals surface area contributed by atoms with Crippen LogP contribution in [0.3, 0.4) is 0 Å². The first-order chi connectivity index (χ1) is 8.24. The highest BCUT2D eigenvalue weighted by molar-refractivity contribution is 7.27. The van der Waals surface area contributed by atoms with Gasteiger partial charge in [0.25, 0.3) is 0 Å². The SMILES string of the molecule is CCC(CC)c1nc(-c2ccc(P)cc2)no1. The first kappa shape index (κ1) is 12.3. The molecule has 0 fully saturated rings. The predicted molar refractivity (Wildman–Crippen MR) is 72.4 cm³/mol. The van der Waals surface area contributed by atoms with Crippen LogP contribution in [-0.2, 0) is 0 Å². The molecule has 0 radical (unpaired) electrons. The van der Waals surface area contributed by atoms with Gasteiger partial charge in [0.1, 0.15) is 0 Å². The van der Waals surface area contributed by atoms with E-state index in [1.54, 1.807) is 0 Å². The summed E-state index contributed by atoms with van der Waals surface area (Å²) in [5.41, 5.74) is 0.997. The van der Waals surface area contributed by atoms with Crippen molar-refractivity contribution in [3.63, 3.8) is 0 Å². The average molecular weight is 248 g/mol. The van der Waals surface area contributed by atoms with E-state index in [-0.39, 0.29) is 0 Å². The molecule has 90 valence electrons. The summed E-state index contributed by atoms with van der Waals surface area (Å²) in [5, 5.41) is 5.19. The van der Waals surface area contributed by atoms with E-state index in [0.29, 0.717) is 11.7 Å². The smallest absolute Gasteiger partial charge is 0.230 e. The van der Waals surface area contributed by atoms with Gasteiger partial charge in [-0.15, -0.1) is 9.24 Å². The molecule has 0 aliphatic heterocycles. The van der Waals surface area contributed by atoms with Crippen molar-refractivity contribution in [2.75, 3.05) is 0 Å². The lowest BCUT2D eigenvalue weighted by atomic mass is 10.0. The first-order valence-electron chi connectivity index (χ1n) is 5.94. The fraction of sp³-hybridized carbons (Fsp3) is 0.385. The molecule has 0 amide bonds. The molecule has 0 spiro atoms. The largest absolute Gasteiger partial charge is 0.339 e. The van der Waals surface area contributed by atoms with Crippen molar-refractivity contribution in [1.29, 1.82) is 0 Å². The third kappa shape index (κ3) is 2.73. The molecular weight excluding hydrogens is 231 g/mol. The monoisotopic (exact) mass is 248 g/mol. The number of hydrogen-bond donors (Lipinski definition) is 0. The van der Waals surface area contributed by atoms with Crippen LogP contribution in [0.5, 0.6) is 0 Å². The second-order valence-corrected chi connectivity index (χ2v) is 4.76. The van der Waals surface area contributed by atoms with Crippen molar-refractivity contribution in [2.45, 2.75) is 32.6 Å². The van der Waals surface area contributed by atoms with Crippen LogP contribution < -0.4 is 5.30 Å². The van der Waals surface area contributed by atoms with Gasteiger partial charge in [-0.3, -0.25) is 0 Å². The molecule has 1 atom stereocenters. The molecule has 2 aromatic rings. The van der Waals surface area contributed by atoms with Crippen molar-refractivity contribution in [3.05, 3.63) is 30.2 Å². The Labute approximate surface area is 104 Å². The average Bonchev–Trinajstić information content (AvgIpc) is 2.81. The molecule has 0 saturated heterocycles. The van der Waals surface area contributed by atoms with Crippen LogP contribution in [0.15, 0.2) is 28.8 Å². The highest BCUT2D eigenvalue weighted by atomic mass is 31.0. The zero-order valence-electron chi connectivity index (χ0n) is 10.2. The summed E-state index contributed by atoms with van der Waals surface area (Å²) in [6.45, 7) is 4.28. The van der Waals surface area contributed by atoms with Gasteiger partial charge in [0.05, 0.1) is 0 Å². The molecule has 1 heterocycles. The van der Waals surface area contributed by atoms with E-state index in [0.717, 1.165) is 29.6 Å². The molecule has 0 saturated carbocycles. The predicted octanol–water partition coefficient (Wildman–Crippen LogP) is 3.14. The minimum atomic E-state index is 0.372. The molecule has 0 aliphatic carbocycles. The van der Waals surface area contributed by atoms with E-state index in [9.17, 15) is 0 Å². The van der Waals surface area contributed by atoms with Gasteiger partial charge in [0.2, 0.25) is 11.7 Å². The number of nitrogens with zero attached hydrogens (tertiary/aromatic N) is 2. The van der Waals surface area contributed by atoms with Crippen LogP contribution in [0.25, 0.3) is 11.4 Å². The molecule has 3 nitrogen and oxygen atoms in total. The molecule has 2 rings (SSSR count). The van der Waals surface area contributed by atoms with Gasteiger partial charge in [-0.05, 0) is 18.1 Å². The summed E-state index contributed by atoms with van der Waals surface area (Å²) in [6, 6.07) is 8.05. The third-order valence-electron chi connectivity index (χ3n) is 2.95. The van der Waals surface area contributed by atoms with E-state index in [2.05, 4.69) is 33.2 Å². The maximum atomic E-state index is 5.33. The lowest BCUT2D eigenvalue weighted by Crippen LogP contribution is -1.95. The van der Waals surface area contributed by atoms with Gasteiger partial charge in [0.15, 0.2) is 0 Å². The normalized spacial score (nSPS) is 11.1. The molecule has 1 aromatic heterocycles. The minimum Gasteiger partial charge on any atom is -0.339 e. The number of rotatable bonds is 4. The summed E-state index contributed by atoms with van der Waals surface area (Å²) in [4.78, 5) is 4.47. The Morgan fingerprint density at radius 2 is 1.82 bits per heavy atom. The molecule has 1 aromatic carbocycles. The fourth-order valence-corrected chi connectivity index (χ4v) is 1.98. The van der Waals surface area contributed by atoms with Crippen molar-refractivity contribution in [2.24, 2.45) is 0 Å². The Kier molecular flexibility index (Phi) is 3.90. The van der Waals surface area contributed by atoms with E-state index >= 15 is 0 Å². The van der Waals surface area contributed by atoms with Crippen molar-refractivity contribution < 1.29 is 4.52 Å². The van der Waals surface area contributed by atoms with Crippen LogP contribution in [0, 0.1) is 0 Å². The summed E-state index contributed by atoms with van der Waals surface area (Å²) in [5.74, 6) is 1.80. The zero-order valence-corrected chi connectivity index (χ0v) is 11.3. The molecule has 4 heteroatoms. The van der Waals surface area contributed by atoms with Crippen LogP contribution in [0.2, 0.25) is 0 Å². The number of benzene rings is 1. The Bertz CT molecular complexity index is 474. The van der Waals surface area contributed by atoms with Gasteiger partial charge < -0.3 is 4.52 Å². The fourth-order valence-electron chi connectivity index (χ4n) is 1.79. The van der Waals surface area contributed by atoms with E-state index < -0.39 is 0 Å². The van der Waals surface area contributed by atoms with Crippen molar-refractivity contribution >= 4 is 14.5 Å². The van der Waals surface area contributed by atoms with Crippen molar-refractivity contribution in [3.8, 4) is 11.4 Å². The highest BCUT2D eigenvalue weighted by Crippen LogP contribution is 2.23. The Hall–Kier alpha value is -1.21. The Morgan fingerprint density at radius 1 is 1.18 bits per heavy atom. The third-order valence-corrected chi connectivity index (χ3v) is 3.33. The van der Waals surface area contributed by atoms with Crippen molar-refractivity contribution in [1.82, 2.24) is 10.1 Å². The lowest BCUT2D eigenvalue weighted by molar-refractivity contribution is 0.346. The van der Waals surface area contributed by atoms with Crippen LogP contribution in [-0.4, -0.2) is 10.1 Å². The van der Waals surface area contributed by atoms with Gasteiger partial charge in [-0.2, -0.15) is 4.98 Å². The topological polar surface area (TPSA) is 38.9 Å². The van der Waals surface area contributed by atoms with Crippen LogP contribution in [0.1, 0.15) is 38.5 Å². The zero-order chi connectivity index (χ0) is 12.3. The summed E-state index contributed by atoms with van der Waals surface area (Å²) >= 11 is 0. The molecule has 17 heavy (non-hydrogen) atoms. The molecule has 0 N–H and O–H groups in total. The van der Waals surface area contributed by atoms with Gasteiger partial charge in [-0.25, -0.2) is 0 Å². The van der Waals surface area contributed by atoms with Crippen LogP contribution >= 0.6 is 9.24 Å². The van der Waals surface area contributed by atoms with Gasteiger partial charge >= 0.3 is 0 Å². The summed E-state index contributed by atoms with van der Waals surface area (Å²) in [7, 11) is 2.66. The standard InChI is InChI=1S/C13H17N2OP/c1-3-9(4-2)13-14-12(15-16-13)10-5-7-11(17)8-6-10/h5-9H,3-4,17H2,1-2H3. The number of hydrogen-bond acceptors (Lipinski definition) is 3. The first-order valence-corrected chi connectivity index (χ1v) is 6.51. The number of aromatic nitrogens is 2. The Balaban J connectivity index is 2.26. The summed E-state index contributed by atoms with van der Waals surface area (Å²) < 4.78 is 5.33. The lowest BCUT2D eigenvalue weighted by Gasteiger charge is -2.04. The van der Waals surface area contributed by atoms with Gasteiger partial charge in [0, 0.05) is 11.5 Å².